The number of nitrogens with zero attached hydrogens (tertiary/aromatic N) is 1. The fourth-order valence-electron chi connectivity index (χ4n) is 1.77. The molecule has 0 aliphatic heterocycles. The fraction of sp³-hybridized carbons (Fsp3) is 0.312. The van der Waals surface area contributed by atoms with Crippen molar-refractivity contribution in [2.45, 2.75) is 32.1 Å². The van der Waals surface area contributed by atoms with Gasteiger partial charge in [0, 0.05) is 18.1 Å². The first-order valence-corrected chi connectivity index (χ1v) is 7.05. The Bertz CT molecular complexity index is 507. The minimum Gasteiger partial charge on any atom is -0.439 e. The highest BCUT2D eigenvalue weighted by molar-refractivity contribution is 6.17. The van der Waals surface area contributed by atoms with E-state index in [1.807, 2.05) is 24.3 Å². The smallest absolute Gasteiger partial charge is 0.219 e. The maximum absolute atomic E-state index is 5.72. The first-order chi connectivity index (χ1) is 9.22. The van der Waals surface area contributed by atoms with Crippen molar-refractivity contribution in [3.05, 3.63) is 53.7 Å². The van der Waals surface area contributed by atoms with Crippen molar-refractivity contribution in [1.29, 1.82) is 0 Å². The summed E-state index contributed by atoms with van der Waals surface area (Å²) >= 11 is 5.72. The Balaban J connectivity index is 2.06. The van der Waals surface area contributed by atoms with Crippen LogP contribution in [0.3, 0.4) is 0 Å². The second-order valence-corrected chi connectivity index (χ2v) is 4.89. The first kappa shape index (κ1) is 13.9. The van der Waals surface area contributed by atoms with Gasteiger partial charge in [0.05, 0.1) is 0 Å². The highest BCUT2D eigenvalue weighted by Crippen LogP contribution is 2.24. The number of aromatic nitrogens is 1. The Labute approximate surface area is 119 Å². The van der Waals surface area contributed by atoms with Crippen LogP contribution in [0.15, 0.2) is 42.6 Å². The molecule has 2 aromatic rings. The number of hydrogen-bond acceptors (Lipinski definition) is 2. The van der Waals surface area contributed by atoms with Crippen LogP contribution >= 0.6 is 11.6 Å². The Morgan fingerprint density at radius 2 is 1.89 bits per heavy atom. The zero-order valence-electron chi connectivity index (χ0n) is 11.3. The summed E-state index contributed by atoms with van der Waals surface area (Å²) in [6.45, 7) is 4.42. The maximum atomic E-state index is 5.72. The summed E-state index contributed by atoms with van der Waals surface area (Å²) in [7, 11) is 0. The molecule has 0 radical (unpaired) electrons. The third-order valence-electron chi connectivity index (χ3n) is 3.24. The van der Waals surface area contributed by atoms with Crippen molar-refractivity contribution >= 4 is 11.6 Å². The van der Waals surface area contributed by atoms with E-state index in [2.05, 4.69) is 31.0 Å². The Kier molecular flexibility index (Phi) is 4.80. The molecule has 1 heterocycles. The van der Waals surface area contributed by atoms with E-state index in [0.29, 0.717) is 17.7 Å². The van der Waals surface area contributed by atoms with Gasteiger partial charge in [-0.25, -0.2) is 4.98 Å². The molecule has 0 saturated heterocycles. The van der Waals surface area contributed by atoms with Crippen molar-refractivity contribution in [3.8, 4) is 11.6 Å². The van der Waals surface area contributed by atoms with E-state index in [1.54, 1.807) is 6.20 Å². The van der Waals surface area contributed by atoms with Crippen LogP contribution in [0.25, 0.3) is 0 Å². The van der Waals surface area contributed by atoms with E-state index < -0.39 is 0 Å². The number of pyridine rings is 1. The van der Waals surface area contributed by atoms with Gasteiger partial charge in [-0.3, -0.25) is 0 Å². The molecule has 1 unspecified atom stereocenters. The lowest BCUT2D eigenvalue weighted by Crippen LogP contribution is -1.92. The van der Waals surface area contributed by atoms with E-state index in [-0.39, 0.29) is 0 Å². The van der Waals surface area contributed by atoms with Gasteiger partial charge in [-0.2, -0.15) is 0 Å². The quantitative estimate of drug-likeness (QED) is 0.706. The summed E-state index contributed by atoms with van der Waals surface area (Å²) in [6.07, 6.45) is 2.87. The lowest BCUT2D eigenvalue weighted by atomic mass is 9.99. The van der Waals surface area contributed by atoms with Gasteiger partial charge in [-0.15, -0.1) is 11.6 Å². The van der Waals surface area contributed by atoms with Crippen LogP contribution in [0, 0.1) is 0 Å². The molecular formula is C16H18ClNO. The number of hydrogen-bond donors (Lipinski definition) is 0. The molecule has 0 bridgehead atoms. The number of alkyl halides is 1. The van der Waals surface area contributed by atoms with Crippen molar-refractivity contribution in [3.63, 3.8) is 0 Å². The van der Waals surface area contributed by atoms with Crippen LogP contribution < -0.4 is 4.74 Å². The van der Waals surface area contributed by atoms with Crippen molar-refractivity contribution < 1.29 is 4.74 Å². The minimum atomic E-state index is 0.469. The molecular weight excluding hydrogens is 258 g/mol. The number of halogens is 1. The summed E-state index contributed by atoms with van der Waals surface area (Å²) in [5.41, 5.74) is 2.32. The topological polar surface area (TPSA) is 22.1 Å². The molecule has 0 fully saturated rings. The molecule has 0 aliphatic rings. The zero-order valence-corrected chi connectivity index (χ0v) is 12.0. The Hall–Kier alpha value is -1.54. The van der Waals surface area contributed by atoms with Crippen molar-refractivity contribution in [1.82, 2.24) is 4.98 Å². The molecule has 0 aliphatic carbocycles. The number of ether oxygens (including phenoxy) is 1. The molecule has 3 heteroatoms. The second-order valence-electron chi connectivity index (χ2n) is 4.62. The molecule has 0 N–H and O–H groups in total. The van der Waals surface area contributed by atoms with Gasteiger partial charge in [0.15, 0.2) is 0 Å². The third-order valence-corrected chi connectivity index (χ3v) is 3.54. The zero-order chi connectivity index (χ0) is 13.7. The normalized spacial score (nSPS) is 12.2. The van der Waals surface area contributed by atoms with Gasteiger partial charge in [0.2, 0.25) is 5.88 Å². The SMILES string of the molecule is CCC(C)c1ccc(Oc2ccc(CCl)cn2)cc1. The molecule has 19 heavy (non-hydrogen) atoms. The summed E-state index contributed by atoms with van der Waals surface area (Å²) in [5.74, 6) is 2.44. The van der Waals surface area contributed by atoms with Gasteiger partial charge in [-0.05, 0) is 35.6 Å². The predicted octanol–water partition coefficient (Wildman–Crippen LogP) is 5.13. The third kappa shape index (κ3) is 3.71. The number of rotatable bonds is 5. The van der Waals surface area contributed by atoms with Crippen molar-refractivity contribution in [2.75, 3.05) is 0 Å². The van der Waals surface area contributed by atoms with Crippen LogP contribution in [0.4, 0.5) is 0 Å². The van der Waals surface area contributed by atoms with E-state index >= 15 is 0 Å². The molecule has 2 nitrogen and oxygen atoms in total. The Morgan fingerprint density at radius 3 is 2.42 bits per heavy atom. The molecule has 0 spiro atoms. The lowest BCUT2D eigenvalue weighted by Gasteiger charge is -2.10. The van der Waals surface area contributed by atoms with Crippen LogP contribution in [0.1, 0.15) is 37.3 Å². The van der Waals surface area contributed by atoms with Crippen LogP contribution in [0.2, 0.25) is 0 Å². The average molecular weight is 276 g/mol. The van der Waals surface area contributed by atoms with E-state index in [4.69, 9.17) is 16.3 Å². The fourth-order valence-corrected chi connectivity index (χ4v) is 1.93. The first-order valence-electron chi connectivity index (χ1n) is 6.51. The highest BCUT2D eigenvalue weighted by Gasteiger charge is 2.04. The summed E-state index contributed by atoms with van der Waals surface area (Å²) in [6, 6.07) is 11.9. The van der Waals surface area contributed by atoms with E-state index in [9.17, 15) is 0 Å². The lowest BCUT2D eigenvalue weighted by molar-refractivity contribution is 0.462. The molecule has 2 rings (SSSR count). The van der Waals surface area contributed by atoms with Gasteiger partial charge >= 0.3 is 0 Å². The van der Waals surface area contributed by atoms with Gasteiger partial charge in [0.1, 0.15) is 5.75 Å². The highest BCUT2D eigenvalue weighted by atomic mass is 35.5. The molecule has 0 amide bonds. The molecule has 0 saturated carbocycles. The minimum absolute atomic E-state index is 0.469. The van der Waals surface area contributed by atoms with Gasteiger partial charge in [-0.1, -0.05) is 32.0 Å². The monoisotopic (exact) mass is 275 g/mol. The standard InChI is InChI=1S/C16H18ClNO/c1-3-12(2)14-5-7-15(8-6-14)19-16-9-4-13(10-17)11-18-16/h4-9,11-12H,3,10H2,1-2H3. The molecule has 1 atom stereocenters. The van der Waals surface area contributed by atoms with Crippen LogP contribution in [-0.2, 0) is 5.88 Å². The summed E-state index contributed by atoms with van der Waals surface area (Å²) in [5, 5.41) is 0. The van der Waals surface area contributed by atoms with E-state index in [0.717, 1.165) is 17.7 Å². The second kappa shape index (κ2) is 6.58. The molecule has 1 aromatic carbocycles. The molecule has 1 aromatic heterocycles. The Morgan fingerprint density at radius 1 is 1.16 bits per heavy atom. The predicted molar refractivity (Wildman–Crippen MR) is 79.0 cm³/mol. The van der Waals surface area contributed by atoms with Crippen LogP contribution in [-0.4, -0.2) is 4.98 Å². The van der Waals surface area contributed by atoms with Gasteiger partial charge in [0.25, 0.3) is 0 Å². The maximum Gasteiger partial charge on any atom is 0.219 e. The summed E-state index contributed by atoms with van der Waals surface area (Å²) < 4.78 is 5.69. The number of benzene rings is 1. The van der Waals surface area contributed by atoms with Gasteiger partial charge < -0.3 is 4.74 Å². The molecule has 100 valence electrons. The van der Waals surface area contributed by atoms with E-state index in [1.165, 1.54) is 5.56 Å². The average Bonchev–Trinajstić information content (AvgIpc) is 2.48. The van der Waals surface area contributed by atoms with Crippen molar-refractivity contribution in [2.24, 2.45) is 0 Å². The van der Waals surface area contributed by atoms with Crippen LogP contribution in [0.5, 0.6) is 11.6 Å². The summed E-state index contributed by atoms with van der Waals surface area (Å²) in [4.78, 5) is 4.21. The largest absolute Gasteiger partial charge is 0.439 e.